The number of hydrogen-bond donors (Lipinski definition) is 1. The van der Waals surface area contributed by atoms with Crippen LogP contribution < -0.4 is 9.47 Å². The molecule has 7 heteroatoms. The van der Waals surface area contributed by atoms with E-state index in [4.69, 9.17) is 14.2 Å². The predicted octanol–water partition coefficient (Wildman–Crippen LogP) is 6.03. The van der Waals surface area contributed by atoms with Crippen molar-refractivity contribution in [2.45, 2.75) is 32.7 Å². The number of hydrogen-bond acceptors (Lipinski definition) is 6. The maximum absolute atomic E-state index is 13.3. The number of benzene rings is 3. The van der Waals surface area contributed by atoms with Gasteiger partial charge >= 0.3 is 0 Å². The minimum atomic E-state index is -0.801. The van der Waals surface area contributed by atoms with Gasteiger partial charge in [-0.2, -0.15) is 0 Å². The van der Waals surface area contributed by atoms with Crippen LogP contribution in [0.2, 0.25) is 0 Å². The Kier molecular flexibility index (Phi) is 8.81. The molecule has 1 aliphatic heterocycles. The number of aryl methyl sites for hydroxylation is 1. The molecule has 1 heterocycles. The summed E-state index contributed by atoms with van der Waals surface area (Å²) >= 11 is 0. The number of ether oxygens (including phenoxy) is 3. The Labute approximate surface area is 223 Å². The van der Waals surface area contributed by atoms with Crippen molar-refractivity contribution in [3.63, 3.8) is 0 Å². The highest BCUT2D eigenvalue weighted by molar-refractivity contribution is 6.46. The van der Waals surface area contributed by atoms with Gasteiger partial charge in [0.15, 0.2) is 0 Å². The van der Waals surface area contributed by atoms with Crippen LogP contribution in [0.4, 0.5) is 0 Å². The summed E-state index contributed by atoms with van der Waals surface area (Å²) in [5.41, 5.74) is 1.94. The highest BCUT2D eigenvalue weighted by Crippen LogP contribution is 2.41. The zero-order chi connectivity index (χ0) is 27.1. The molecule has 1 amide bonds. The number of aliphatic hydroxyl groups is 1. The number of ketones is 1. The highest BCUT2D eigenvalue weighted by atomic mass is 16.5. The fourth-order valence-electron chi connectivity index (χ4n) is 4.46. The molecule has 7 nitrogen and oxygen atoms in total. The van der Waals surface area contributed by atoms with Crippen LogP contribution >= 0.6 is 0 Å². The third kappa shape index (κ3) is 5.89. The summed E-state index contributed by atoms with van der Waals surface area (Å²) in [6, 6.07) is 21.0. The normalized spacial score (nSPS) is 16.6. The minimum Gasteiger partial charge on any atom is -0.507 e. The number of nitrogens with zero attached hydrogens (tertiary/aromatic N) is 1. The fraction of sp³-hybridized carbons (Fsp3) is 0.290. The van der Waals surface area contributed by atoms with Gasteiger partial charge in [0.2, 0.25) is 0 Å². The van der Waals surface area contributed by atoms with Crippen LogP contribution in [0.3, 0.4) is 0 Å². The summed E-state index contributed by atoms with van der Waals surface area (Å²) in [5.74, 6) is 0.284. The van der Waals surface area contributed by atoms with E-state index in [9.17, 15) is 14.7 Å². The molecule has 0 saturated carbocycles. The van der Waals surface area contributed by atoms with Gasteiger partial charge in [-0.1, -0.05) is 43.7 Å². The Morgan fingerprint density at radius 1 is 0.947 bits per heavy atom. The minimum absolute atomic E-state index is 0.0296. The van der Waals surface area contributed by atoms with Crippen LogP contribution in [0.25, 0.3) is 5.76 Å². The molecule has 1 atom stereocenters. The van der Waals surface area contributed by atoms with E-state index >= 15 is 0 Å². The Morgan fingerprint density at radius 2 is 1.71 bits per heavy atom. The van der Waals surface area contributed by atoms with E-state index in [1.807, 2.05) is 43.3 Å². The Bertz CT molecular complexity index is 1320. The number of methoxy groups -OCH3 is 1. The lowest BCUT2D eigenvalue weighted by atomic mass is 9.94. The van der Waals surface area contributed by atoms with E-state index < -0.39 is 17.7 Å². The monoisotopic (exact) mass is 515 g/mol. The van der Waals surface area contributed by atoms with Crippen LogP contribution in [-0.4, -0.2) is 48.6 Å². The predicted molar refractivity (Wildman–Crippen MR) is 145 cm³/mol. The number of likely N-dealkylation sites (tertiary alicyclic amines) is 1. The lowest BCUT2D eigenvalue weighted by Crippen LogP contribution is -2.32. The number of carbonyl (C=O) groups excluding carboxylic acids is 2. The second-order valence-electron chi connectivity index (χ2n) is 9.16. The van der Waals surface area contributed by atoms with Crippen molar-refractivity contribution >= 4 is 17.4 Å². The maximum atomic E-state index is 13.3. The summed E-state index contributed by atoms with van der Waals surface area (Å²) in [6.07, 6.45) is 1.97. The molecule has 1 aliphatic rings. The van der Waals surface area contributed by atoms with Gasteiger partial charge in [-0.05, 0) is 66.9 Å². The van der Waals surface area contributed by atoms with Gasteiger partial charge in [0.05, 0.1) is 24.8 Å². The van der Waals surface area contributed by atoms with Gasteiger partial charge in [-0.3, -0.25) is 9.59 Å². The van der Waals surface area contributed by atoms with Gasteiger partial charge in [0, 0.05) is 19.2 Å². The zero-order valence-corrected chi connectivity index (χ0v) is 22.0. The van der Waals surface area contributed by atoms with Crippen molar-refractivity contribution in [1.29, 1.82) is 0 Å². The number of rotatable bonds is 11. The van der Waals surface area contributed by atoms with Crippen molar-refractivity contribution in [3.05, 3.63) is 95.1 Å². The zero-order valence-electron chi connectivity index (χ0n) is 22.0. The number of unbranched alkanes of at least 4 members (excludes halogenated alkanes) is 1. The molecular formula is C31H33NO6. The molecule has 0 bridgehead atoms. The summed E-state index contributed by atoms with van der Waals surface area (Å²) < 4.78 is 17.0. The van der Waals surface area contributed by atoms with Gasteiger partial charge < -0.3 is 24.2 Å². The first-order valence-electron chi connectivity index (χ1n) is 12.8. The van der Waals surface area contributed by atoms with E-state index in [-0.39, 0.29) is 24.5 Å². The second-order valence-corrected chi connectivity index (χ2v) is 9.16. The highest BCUT2D eigenvalue weighted by Gasteiger charge is 2.46. The Morgan fingerprint density at radius 3 is 2.42 bits per heavy atom. The first-order chi connectivity index (χ1) is 18.4. The maximum Gasteiger partial charge on any atom is 0.295 e. The first-order valence-corrected chi connectivity index (χ1v) is 12.8. The lowest BCUT2D eigenvalue weighted by Gasteiger charge is -2.25. The lowest BCUT2D eigenvalue weighted by molar-refractivity contribution is -0.140. The quantitative estimate of drug-likeness (QED) is 0.145. The van der Waals surface area contributed by atoms with Crippen LogP contribution in [-0.2, 0) is 14.3 Å². The van der Waals surface area contributed by atoms with E-state index in [2.05, 4.69) is 6.92 Å². The van der Waals surface area contributed by atoms with Crippen molar-refractivity contribution in [2.24, 2.45) is 0 Å². The molecule has 1 saturated heterocycles. The van der Waals surface area contributed by atoms with Crippen LogP contribution in [0.1, 0.15) is 42.5 Å². The van der Waals surface area contributed by atoms with Gasteiger partial charge in [0.25, 0.3) is 11.7 Å². The molecule has 198 valence electrons. The smallest absolute Gasteiger partial charge is 0.295 e. The van der Waals surface area contributed by atoms with Crippen molar-refractivity contribution in [2.75, 3.05) is 26.9 Å². The third-order valence-electron chi connectivity index (χ3n) is 6.43. The van der Waals surface area contributed by atoms with Gasteiger partial charge in [0.1, 0.15) is 23.0 Å². The molecule has 0 spiro atoms. The summed E-state index contributed by atoms with van der Waals surface area (Å²) in [4.78, 5) is 27.8. The number of amides is 1. The van der Waals surface area contributed by atoms with E-state index in [0.29, 0.717) is 29.2 Å². The molecular weight excluding hydrogens is 482 g/mol. The molecule has 1 fully saturated rings. The SMILES string of the molecule is CCCCOc1ccc(C(O)=C2C(=O)C(=O)N(CCOC)[C@@H]2c2cccc(Oc3ccccc3)c2)cc1C. The number of aliphatic hydroxyl groups excluding tert-OH is 1. The molecule has 0 radical (unpaired) electrons. The van der Waals surface area contributed by atoms with E-state index in [0.717, 1.165) is 24.2 Å². The Hall–Kier alpha value is -4.10. The van der Waals surface area contributed by atoms with Crippen molar-refractivity contribution in [1.82, 2.24) is 4.90 Å². The number of carbonyl (C=O) groups is 2. The molecule has 3 aromatic carbocycles. The molecule has 1 N–H and O–H groups in total. The number of Topliss-reactive ketones (excluding diaryl/α,β-unsaturated/α-hetero) is 1. The third-order valence-corrected chi connectivity index (χ3v) is 6.43. The van der Waals surface area contributed by atoms with Crippen molar-refractivity contribution in [3.8, 4) is 17.2 Å². The molecule has 4 rings (SSSR count). The van der Waals surface area contributed by atoms with Crippen LogP contribution in [0, 0.1) is 6.92 Å². The Balaban J connectivity index is 1.74. The molecule has 0 aliphatic carbocycles. The molecule has 3 aromatic rings. The van der Waals surface area contributed by atoms with Crippen LogP contribution in [0.5, 0.6) is 17.2 Å². The average Bonchev–Trinajstić information content (AvgIpc) is 3.18. The fourth-order valence-corrected chi connectivity index (χ4v) is 4.46. The number of para-hydroxylation sites is 1. The topological polar surface area (TPSA) is 85.3 Å². The van der Waals surface area contributed by atoms with E-state index in [1.165, 1.54) is 12.0 Å². The standard InChI is InChI=1S/C31H33NO6/c1-4-5-17-37-26-15-14-23(19-21(26)2)29(33)27-28(32(16-18-36-3)31(35)30(27)34)22-10-9-13-25(20-22)38-24-11-7-6-8-12-24/h6-15,19-20,28,33H,4-5,16-18H2,1-3H3/t28-/m1/s1. The van der Waals surface area contributed by atoms with E-state index in [1.54, 1.807) is 36.4 Å². The summed E-state index contributed by atoms with van der Waals surface area (Å²) in [7, 11) is 1.53. The van der Waals surface area contributed by atoms with Gasteiger partial charge in [-0.15, -0.1) is 0 Å². The first kappa shape index (κ1) is 26.9. The summed E-state index contributed by atoms with van der Waals surface area (Å²) in [6.45, 7) is 5.02. The van der Waals surface area contributed by atoms with Crippen LogP contribution in [0.15, 0.2) is 78.4 Å². The molecule has 0 aromatic heterocycles. The summed E-state index contributed by atoms with van der Waals surface area (Å²) in [5, 5.41) is 11.4. The van der Waals surface area contributed by atoms with Crippen molar-refractivity contribution < 1.29 is 28.9 Å². The van der Waals surface area contributed by atoms with Gasteiger partial charge in [-0.25, -0.2) is 0 Å². The molecule has 38 heavy (non-hydrogen) atoms. The second kappa shape index (κ2) is 12.4. The molecule has 0 unspecified atom stereocenters. The average molecular weight is 516 g/mol. The largest absolute Gasteiger partial charge is 0.507 e.